The zero-order valence-corrected chi connectivity index (χ0v) is 14.4. The predicted octanol–water partition coefficient (Wildman–Crippen LogP) is 1.25. The fraction of sp³-hybridized carbons (Fsp3) is 0.143. The Morgan fingerprint density at radius 1 is 1.04 bits per heavy atom. The second-order valence-electron chi connectivity index (χ2n) is 5.20. The van der Waals surface area contributed by atoms with E-state index in [1.165, 1.54) is 25.1 Å². The zero-order chi connectivity index (χ0) is 19.0. The number of rotatable bonds is 5. The van der Waals surface area contributed by atoms with Crippen molar-refractivity contribution in [3.8, 4) is 0 Å². The zero-order valence-electron chi connectivity index (χ0n) is 12.8. The fourth-order valence-electron chi connectivity index (χ4n) is 2.24. The fourth-order valence-corrected chi connectivity index (χ4v) is 3.62. The molecule has 0 atom stereocenters. The highest BCUT2D eigenvalue weighted by Gasteiger charge is 2.22. The van der Waals surface area contributed by atoms with Crippen molar-refractivity contribution in [1.29, 1.82) is 0 Å². The third kappa shape index (κ3) is 4.39. The maximum absolute atomic E-state index is 11.8. The average Bonchev–Trinajstić information content (AvgIpc) is 2.43. The summed E-state index contributed by atoms with van der Waals surface area (Å²) in [6.45, 7) is 1.20. The molecule has 2 aromatic carbocycles. The summed E-state index contributed by atoms with van der Waals surface area (Å²) in [6, 6.07) is 5.61. The molecule has 0 unspecified atom stereocenters. The largest absolute Gasteiger partial charge is 0.325 e. The van der Waals surface area contributed by atoms with Crippen LogP contribution < -0.4 is 5.32 Å². The normalized spacial score (nSPS) is 12.1. The van der Waals surface area contributed by atoms with Crippen LogP contribution in [0.15, 0.2) is 40.1 Å². The number of amides is 1. The summed E-state index contributed by atoms with van der Waals surface area (Å²) in [5, 5.41) is 2.21. The number of ketones is 1. The van der Waals surface area contributed by atoms with Gasteiger partial charge in [-0.1, -0.05) is 12.1 Å². The smallest absolute Gasteiger partial charge is 0.295 e. The highest BCUT2D eigenvalue weighted by atomic mass is 32.2. The van der Waals surface area contributed by atoms with E-state index in [0.29, 0.717) is 6.07 Å². The highest BCUT2D eigenvalue weighted by molar-refractivity contribution is 7.86. The monoisotopic (exact) mass is 387 g/mol. The van der Waals surface area contributed by atoms with E-state index in [0.717, 1.165) is 6.07 Å². The molecule has 134 valence electrons. The van der Waals surface area contributed by atoms with Gasteiger partial charge in [-0.2, -0.15) is 16.8 Å². The molecule has 0 aromatic heterocycles. The van der Waals surface area contributed by atoms with E-state index in [4.69, 9.17) is 4.55 Å². The van der Waals surface area contributed by atoms with Gasteiger partial charge in [-0.3, -0.25) is 18.7 Å². The standard InChI is InChI=1S/C14H13NO8S2/c1-8(16)5-13(17)15-11-4-2-3-9-6-10(24(18,19)20)7-12(14(9)11)25(21,22)23/h2-4,6-7H,5H2,1H3,(H,15,17)(H,18,19,20)(H,21,22,23). The first-order valence-corrected chi connectivity index (χ1v) is 9.58. The first-order valence-electron chi connectivity index (χ1n) is 6.70. The molecule has 0 bridgehead atoms. The molecule has 0 saturated carbocycles. The van der Waals surface area contributed by atoms with Gasteiger partial charge in [-0.15, -0.1) is 0 Å². The van der Waals surface area contributed by atoms with Crippen molar-refractivity contribution in [2.24, 2.45) is 0 Å². The Morgan fingerprint density at radius 3 is 2.20 bits per heavy atom. The van der Waals surface area contributed by atoms with Crippen molar-refractivity contribution < 1.29 is 35.5 Å². The Morgan fingerprint density at radius 2 is 1.68 bits per heavy atom. The van der Waals surface area contributed by atoms with Gasteiger partial charge in [-0.25, -0.2) is 0 Å². The van der Waals surface area contributed by atoms with E-state index in [1.807, 2.05) is 0 Å². The van der Waals surface area contributed by atoms with Crippen molar-refractivity contribution in [2.45, 2.75) is 23.1 Å². The molecule has 2 aromatic rings. The first-order chi connectivity index (χ1) is 11.4. The predicted molar refractivity (Wildman–Crippen MR) is 87.5 cm³/mol. The Kier molecular flexibility index (Phi) is 4.95. The van der Waals surface area contributed by atoms with Gasteiger partial charge in [-0.05, 0) is 30.5 Å². The van der Waals surface area contributed by atoms with Gasteiger partial charge in [0.05, 0.1) is 11.3 Å². The Hall–Kier alpha value is -2.34. The third-order valence-electron chi connectivity index (χ3n) is 3.17. The van der Waals surface area contributed by atoms with Crippen LogP contribution in [0.25, 0.3) is 10.8 Å². The van der Waals surface area contributed by atoms with E-state index >= 15 is 0 Å². The molecule has 25 heavy (non-hydrogen) atoms. The summed E-state index contributed by atoms with van der Waals surface area (Å²) in [5.74, 6) is -1.12. The Balaban J connectivity index is 2.79. The molecule has 0 saturated heterocycles. The number of Topliss-reactive ketones (excluding diaryl/α,β-unsaturated/α-hetero) is 1. The molecular weight excluding hydrogens is 374 g/mol. The van der Waals surface area contributed by atoms with E-state index in [2.05, 4.69) is 5.32 Å². The lowest BCUT2D eigenvalue weighted by Crippen LogP contribution is -2.15. The van der Waals surface area contributed by atoms with Crippen molar-refractivity contribution in [2.75, 3.05) is 5.32 Å². The number of anilines is 1. The highest BCUT2D eigenvalue weighted by Crippen LogP contribution is 2.33. The van der Waals surface area contributed by atoms with Crippen LogP contribution in [-0.2, 0) is 29.8 Å². The van der Waals surface area contributed by atoms with E-state index in [-0.39, 0.29) is 16.5 Å². The van der Waals surface area contributed by atoms with Gasteiger partial charge >= 0.3 is 0 Å². The number of fused-ring (bicyclic) bond motifs is 1. The lowest BCUT2D eigenvalue weighted by Gasteiger charge is -2.12. The molecule has 0 fully saturated rings. The summed E-state index contributed by atoms with van der Waals surface area (Å²) in [5.41, 5.74) is -0.0433. The van der Waals surface area contributed by atoms with Gasteiger partial charge < -0.3 is 5.32 Å². The molecule has 0 aliphatic heterocycles. The van der Waals surface area contributed by atoms with Crippen LogP contribution in [-0.4, -0.2) is 37.6 Å². The van der Waals surface area contributed by atoms with Crippen LogP contribution in [0, 0.1) is 0 Å². The quantitative estimate of drug-likeness (QED) is 0.511. The molecule has 0 radical (unpaired) electrons. The molecule has 0 spiro atoms. The van der Waals surface area contributed by atoms with Crippen LogP contribution in [0.5, 0.6) is 0 Å². The molecule has 11 heteroatoms. The summed E-state index contributed by atoms with van der Waals surface area (Å²) >= 11 is 0. The Labute approximate surface area is 143 Å². The average molecular weight is 387 g/mol. The van der Waals surface area contributed by atoms with E-state index in [1.54, 1.807) is 0 Å². The van der Waals surface area contributed by atoms with Crippen LogP contribution in [0.1, 0.15) is 13.3 Å². The molecule has 0 aliphatic carbocycles. The molecule has 1 amide bonds. The SMILES string of the molecule is CC(=O)CC(=O)Nc1cccc2cc(S(=O)(=O)O)cc(S(=O)(=O)O)c12. The summed E-state index contributed by atoms with van der Waals surface area (Å²) in [7, 11) is -9.62. The lowest BCUT2D eigenvalue weighted by atomic mass is 10.1. The molecule has 0 heterocycles. The molecule has 2 rings (SSSR count). The van der Waals surface area contributed by atoms with Crippen molar-refractivity contribution in [1.82, 2.24) is 0 Å². The lowest BCUT2D eigenvalue weighted by molar-refractivity contribution is -0.124. The number of hydrogen-bond acceptors (Lipinski definition) is 6. The minimum absolute atomic E-state index is 0.0309. The third-order valence-corrected chi connectivity index (χ3v) is 4.88. The minimum Gasteiger partial charge on any atom is -0.325 e. The molecule has 9 nitrogen and oxygen atoms in total. The van der Waals surface area contributed by atoms with Crippen LogP contribution in [0.3, 0.4) is 0 Å². The van der Waals surface area contributed by atoms with E-state index in [9.17, 15) is 31.0 Å². The topological polar surface area (TPSA) is 155 Å². The summed E-state index contributed by atoms with van der Waals surface area (Å²) in [6.07, 6.45) is -0.444. The maximum Gasteiger partial charge on any atom is 0.295 e. The second kappa shape index (κ2) is 6.52. The molecule has 3 N–H and O–H groups in total. The number of carbonyl (C=O) groups is 2. The number of benzene rings is 2. The van der Waals surface area contributed by atoms with Gasteiger partial charge in [0.25, 0.3) is 20.2 Å². The summed E-state index contributed by atoms with van der Waals surface area (Å²) in [4.78, 5) is 21.2. The maximum atomic E-state index is 11.8. The van der Waals surface area contributed by atoms with Gasteiger partial charge in [0, 0.05) is 11.1 Å². The number of nitrogens with one attached hydrogen (secondary N) is 1. The minimum atomic E-state index is -4.89. The van der Waals surface area contributed by atoms with Crippen LogP contribution in [0.4, 0.5) is 5.69 Å². The summed E-state index contributed by atoms with van der Waals surface area (Å²) < 4.78 is 64.5. The van der Waals surface area contributed by atoms with Crippen molar-refractivity contribution in [3.63, 3.8) is 0 Å². The number of carbonyl (C=O) groups excluding carboxylic acids is 2. The Bertz CT molecular complexity index is 1090. The van der Waals surface area contributed by atoms with Gasteiger partial charge in [0.15, 0.2) is 0 Å². The van der Waals surface area contributed by atoms with Crippen molar-refractivity contribution >= 4 is 48.4 Å². The molecular formula is C14H13NO8S2. The van der Waals surface area contributed by atoms with Crippen LogP contribution >= 0.6 is 0 Å². The van der Waals surface area contributed by atoms with Gasteiger partial charge in [0.2, 0.25) is 5.91 Å². The molecule has 0 aliphatic rings. The second-order valence-corrected chi connectivity index (χ2v) is 8.01. The van der Waals surface area contributed by atoms with E-state index < -0.39 is 48.1 Å². The first kappa shape index (κ1) is 19.0. The van der Waals surface area contributed by atoms with Gasteiger partial charge in [0.1, 0.15) is 10.7 Å². The number of hydrogen-bond donors (Lipinski definition) is 3. The van der Waals surface area contributed by atoms with Crippen LogP contribution in [0.2, 0.25) is 0 Å². The van der Waals surface area contributed by atoms with Crippen molar-refractivity contribution in [3.05, 3.63) is 30.3 Å².